The molecule has 12 nitrogen and oxygen atoms in total. The van der Waals surface area contributed by atoms with Crippen LogP contribution in [0.15, 0.2) is 70.9 Å². The fraction of sp³-hybridized carbons (Fsp3) is 0.344. The highest BCUT2D eigenvalue weighted by Gasteiger charge is 2.34. The normalized spacial score (nSPS) is 14.5. The van der Waals surface area contributed by atoms with Gasteiger partial charge in [0.05, 0.1) is 32.3 Å². The molecule has 2 heterocycles. The van der Waals surface area contributed by atoms with Crippen molar-refractivity contribution in [2.45, 2.75) is 43.0 Å². The van der Waals surface area contributed by atoms with E-state index in [0.717, 1.165) is 4.88 Å². The van der Waals surface area contributed by atoms with Gasteiger partial charge < -0.3 is 29.2 Å². The van der Waals surface area contributed by atoms with Crippen molar-refractivity contribution in [1.82, 2.24) is 9.62 Å². The maximum atomic E-state index is 14.3. The van der Waals surface area contributed by atoms with Gasteiger partial charge in [0.15, 0.2) is 0 Å². The fourth-order valence-corrected chi connectivity index (χ4v) is 6.61. The van der Waals surface area contributed by atoms with E-state index >= 15 is 0 Å². The first-order chi connectivity index (χ1) is 22.1. The van der Waals surface area contributed by atoms with Crippen LogP contribution in [0.2, 0.25) is 0 Å². The molecule has 2 atom stereocenters. The van der Waals surface area contributed by atoms with Crippen molar-refractivity contribution >= 4 is 51.0 Å². The second-order valence-corrected chi connectivity index (χ2v) is 13.0. The van der Waals surface area contributed by atoms with Gasteiger partial charge in [0.2, 0.25) is 15.9 Å². The van der Waals surface area contributed by atoms with Gasteiger partial charge in [-0.1, -0.05) is 30.3 Å². The SMILES string of the molecule is COC(=O)CCCCOc1ccccc1[C@H](NS(=O)(=O)c1ccc2c(c1)C=CC(OC)N2)C(=O)N(CC(=O)OC)Cc1cccs1. The minimum Gasteiger partial charge on any atom is -0.493 e. The molecule has 0 bridgehead atoms. The highest BCUT2D eigenvalue weighted by atomic mass is 32.2. The summed E-state index contributed by atoms with van der Waals surface area (Å²) in [5.41, 5.74) is 1.57. The Bertz CT molecular complexity index is 1640. The lowest BCUT2D eigenvalue weighted by molar-refractivity contribution is -0.148. The number of para-hydroxylation sites is 1. The first kappa shape index (κ1) is 34.6. The Morgan fingerprint density at radius 1 is 1.00 bits per heavy atom. The van der Waals surface area contributed by atoms with Gasteiger partial charge >= 0.3 is 11.9 Å². The molecule has 0 radical (unpaired) electrons. The van der Waals surface area contributed by atoms with E-state index in [1.165, 1.54) is 42.6 Å². The molecule has 3 aromatic rings. The summed E-state index contributed by atoms with van der Waals surface area (Å²) >= 11 is 1.39. The molecule has 14 heteroatoms. The van der Waals surface area contributed by atoms with E-state index < -0.39 is 34.5 Å². The minimum atomic E-state index is -4.30. The monoisotopic (exact) mass is 671 g/mol. The molecular weight excluding hydrogens is 634 g/mol. The van der Waals surface area contributed by atoms with Crippen LogP contribution in [0, 0.1) is 0 Å². The molecule has 1 unspecified atom stereocenters. The van der Waals surface area contributed by atoms with E-state index in [9.17, 15) is 22.8 Å². The predicted molar refractivity (Wildman–Crippen MR) is 173 cm³/mol. The molecule has 2 aromatic carbocycles. The van der Waals surface area contributed by atoms with E-state index in [0.29, 0.717) is 24.1 Å². The zero-order chi connectivity index (χ0) is 33.1. The Morgan fingerprint density at radius 2 is 1.78 bits per heavy atom. The number of nitrogens with one attached hydrogen (secondary N) is 2. The third-order valence-electron chi connectivity index (χ3n) is 7.13. The number of methoxy groups -OCH3 is 3. The second-order valence-electron chi connectivity index (χ2n) is 10.2. The first-order valence-corrected chi connectivity index (χ1v) is 16.8. The number of sulfonamides is 1. The predicted octanol–water partition coefficient (Wildman–Crippen LogP) is 4.10. The van der Waals surface area contributed by atoms with Gasteiger partial charge in [0.1, 0.15) is 24.6 Å². The van der Waals surface area contributed by atoms with E-state index in [1.54, 1.807) is 49.6 Å². The van der Waals surface area contributed by atoms with Crippen LogP contribution in [0.3, 0.4) is 0 Å². The lowest BCUT2D eigenvalue weighted by atomic mass is 10.0. The number of nitrogens with zero attached hydrogens (tertiary/aromatic N) is 1. The van der Waals surface area contributed by atoms with Crippen LogP contribution in [0.5, 0.6) is 5.75 Å². The van der Waals surface area contributed by atoms with Gasteiger partial charge in [-0.3, -0.25) is 14.4 Å². The van der Waals surface area contributed by atoms with Gasteiger partial charge in [-0.05, 0) is 60.2 Å². The summed E-state index contributed by atoms with van der Waals surface area (Å²) < 4.78 is 51.3. The molecule has 0 saturated carbocycles. The summed E-state index contributed by atoms with van der Waals surface area (Å²) in [6.45, 7) is -0.149. The number of unbranched alkanes of at least 4 members (excludes halogenated alkanes) is 1. The summed E-state index contributed by atoms with van der Waals surface area (Å²) in [4.78, 5) is 40.2. The average molecular weight is 672 g/mol. The van der Waals surface area contributed by atoms with E-state index in [4.69, 9.17) is 14.2 Å². The molecular formula is C32H37N3O9S2. The van der Waals surface area contributed by atoms with Gasteiger partial charge in [-0.25, -0.2) is 8.42 Å². The fourth-order valence-electron chi connectivity index (χ4n) is 4.69. The van der Waals surface area contributed by atoms with Crippen molar-refractivity contribution in [1.29, 1.82) is 0 Å². The molecule has 0 spiro atoms. The quantitative estimate of drug-likeness (QED) is 0.168. The Kier molecular flexibility index (Phi) is 12.3. The summed E-state index contributed by atoms with van der Waals surface area (Å²) in [6, 6.07) is 13.3. The van der Waals surface area contributed by atoms with E-state index in [2.05, 4.69) is 14.8 Å². The summed E-state index contributed by atoms with van der Waals surface area (Å²) in [7, 11) is -0.210. The maximum Gasteiger partial charge on any atom is 0.325 e. The summed E-state index contributed by atoms with van der Waals surface area (Å²) in [5.74, 6) is -1.39. The Balaban J connectivity index is 1.68. The number of carbonyl (C=O) groups is 3. The van der Waals surface area contributed by atoms with Gasteiger partial charge in [-0.2, -0.15) is 4.72 Å². The molecule has 4 rings (SSSR count). The number of carbonyl (C=O) groups excluding carboxylic acids is 3. The largest absolute Gasteiger partial charge is 0.493 e. The highest BCUT2D eigenvalue weighted by molar-refractivity contribution is 7.89. The lowest BCUT2D eigenvalue weighted by Gasteiger charge is -2.28. The van der Waals surface area contributed by atoms with Crippen LogP contribution in [-0.2, 0) is 45.2 Å². The molecule has 1 aliphatic heterocycles. The molecule has 1 amide bonds. The molecule has 246 valence electrons. The van der Waals surface area contributed by atoms with Crippen molar-refractivity contribution in [3.63, 3.8) is 0 Å². The van der Waals surface area contributed by atoms with Crippen LogP contribution >= 0.6 is 11.3 Å². The number of esters is 2. The van der Waals surface area contributed by atoms with Gasteiger partial charge in [-0.15, -0.1) is 11.3 Å². The Morgan fingerprint density at radius 3 is 2.50 bits per heavy atom. The molecule has 0 saturated heterocycles. The standard InChI is InChI=1S/C32H37N3O9S2/c1-41-28-16-13-22-19-24(14-15-26(22)33-28)46(39,40)34-31(32(38)35(21-30(37)43-3)20-23-9-8-18-45-23)25-10-4-5-11-27(25)44-17-7-6-12-29(36)42-2/h4-5,8-11,13-16,18-19,28,31,33-34H,6-7,12,17,20-21H2,1-3H3/t28?,31-/m0/s1. The second kappa shape index (κ2) is 16.4. The van der Waals surface area contributed by atoms with Crippen LogP contribution in [0.4, 0.5) is 5.69 Å². The molecule has 1 aliphatic rings. The van der Waals surface area contributed by atoms with Crippen molar-refractivity contribution in [2.75, 3.05) is 39.8 Å². The molecule has 2 N–H and O–H groups in total. The summed E-state index contributed by atoms with van der Waals surface area (Å²) in [6.07, 6.45) is 4.42. The minimum absolute atomic E-state index is 0.0519. The van der Waals surface area contributed by atoms with Crippen LogP contribution in [-0.4, -0.2) is 71.9 Å². The number of thiophene rings is 1. The Labute approximate surface area is 272 Å². The maximum absolute atomic E-state index is 14.3. The van der Waals surface area contributed by atoms with E-state index in [-0.39, 0.29) is 48.0 Å². The third-order valence-corrected chi connectivity index (χ3v) is 9.41. The topological polar surface area (TPSA) is 150 Å². The first-order valence-electron chi connectivity index (χ1n) is 14.5. The smallest absolute Gasteiger partial charge is 0.325 e. The zero-order valence-corrected chi connectivity index (χ0v) is 27.4. The van der Waals surface area contributed by atoms with Crippen molar-refractivity contribution in [2.24, 2.45) is 0 Å². The number of anilines is 1. The van der Waals surface area contributed by atoms with Crippen molar-refractivity contribution < 1.29 is 41.7 Å². The van der Waals surface area contributed by atoms with Crippen molar-refractivity contribution in [3.8, 4) is 5.75 Å². The molecule has 0 aliphatic carbocycles. The number of amides is 1. The average Bonchev–Trinajstić information content (AvgIpc) is 3.59. The number of benzene rings is 2. The number of rotatable bonds is 16. The van der Waals surface area contributed by atoms with E-state index in [1.807, 2.05) is 17.5 Å². The summed E-state index contributed by atoms with van der Waals surface area (Å²) in [5, 5.41) is 4.99. The van der Waals surface area contributed by atoms with Crippen LogP contribution in [0.25, 0.3) is 6.08 Å². The number of hydrogen-bond donors (Lipinski definition) is 2. The number of fused-ring (bicyclic) bond motifs is 1. The highest BCUT2D eigenvalue weighted by Crippen LogP contribution is 2.31. The van der Waals surface area contributed by atoms with Crippen LogP contribution in [0.1, 0.15) is 41.3 Å². The van der Waals surface area contributed by atoms with Gasteiger partial charge in [0.25, 0.3) is 0 Å². The third kappa shape index (κ3) is 9.16. The lowest BCUT2D eigenvalue weighted by Crippen LogP contribution is -2.44. The molecule has 46 heavy (non-hydrogen) atoms. The molecule has 0 fully saturated rings. The van der Waals surface area contributed by atoms with Crippen molar-refractivity contribution in [3.05, 3.63) is 82.1 Å². The zero-order valence-electron chi connectivity index (χ0n) is 25.8. The van der Waals surface area contributed by atoms with Gasteiger partial charge in [0, 0.05) is 29.7 Å². The molecule has 1 aromatic heterocycles. The van der Waals surface area contributed by atoms with Crippen LogP contribution < -0.4 is 14.8 Å². The number of ether oxygens (including phenoxy) is 4. The number of hydrogen-bond acceptors (Lipinski definition) is 11. The Hall–Kier alpha value is -4.24.